The molecule has 0 radical (unpaired) electrons. The maximum absolute atomic E-state index is 11.8. The van der Waals surface area contributed by atoms with E-state index in [1.807, 2.05) is 13.8 Å². The fourth-order valence-corrected chi connectivity index (χ4v) is 3.01. The standard InChI is InChI=1S/C15H22N2O3S/c1-11(8-15(3)19-6-7-20-15)9-17-14(18)5-4-13-10-16-12(2)21-13/h4-5,10-11H,6-9H2,1-3H3,(H,17,18)/b5-4+/t11-/m1/s1. The molecule has 1 atom stereocenters. The first kappa shape index (κ1) is 16.1. The van der Waals surface area contributed by atoms with E-state index in [4.69, 9.17) is 9.47 Å². The van der Waals surface area contributed by atoms with E-state index in [-0.39, 0.29) is 11.8 Å². The summed E-state index contributed by atoms with van der Waals surface area (Å²) in [6.07, 6.45) is 5.87. The van der Waals surface area contributed by atoms with Gasteiger partial charge in [0.25, 0.3) is 0 Å². The van der Waals surface area contributed by atoms with Crippen LogP contribution in [0.4, 0.5) is 0 Å². The van der Waals surface area contributed by atoms with Gasteiger partial charge in [0.15, 0.2) is 5.79 Å². The third-order valence-electron chi connectivity index (χ3n) is 3.28. The van der Waals surface area contributed by atoms with E-state index in [2.05, 4.69) is 17.2 Å². The summed E-state index contributed by atoms with van der Waals surface area (Å²) in [5.41, 5.74) is 0. The molecule has 21 heavy (non-hydrogen) atoms. The van der Waals surface area contributed by atoms with Crippen molar-refractivity contribution >= 4 is 23.3 Å². The average Bonchev–Trinajstić information content (AvgIpc) is 3.03. The van der Waals surface area contributed by atoms with Crippen LogP contribution in [0.25, 0.3) is 6.08 Å². The quantitative estimate of drug-likeness (QED) is 0.820. The van der Waals surface area contributed by atoms with Crippen LogP contribution in [0.2, 0.25) is 0 Å². The van der Waals surface area contributed by atoms with E-state index in [1.54, 1.807) is 29.7 Å². The molecule has 0 unspecified atom stereocenters. The minimum absolute atomic E-state index is 0.0914. The smallest absolute Gasteiger partial charge is 0.244 e. The van der Waals surface area contributed by atoms with E-state index in [1.165, 1.54) is 0 Å². The Labute approximate surface area is 129 Å². The predicted octanol–water partition coefficient (Wildman–Crippen LogP) is 2.37. The van der Waals surface area contributed by atoms with Crippen LogP contribution in [0.1, 0.15) is 30.2 Å². The summed E-state index contributed by atoms with van der Waals surface area (Å²) < 4.78 is 11.1. The van der Waals surface area contributed by atoms with Gasteiger partial charge in [-0.3, -0.25) is 4.79 Å². The Bertz CT molecular complexity index is 507. The van der Waals surface area contributed by atoms with Crippen molar-refractivity contribution in [1.82, 2.24) is 10.3 Å². The zero-order chi connectivity index (χ0) is 15.3. The number of aryl methyl sites for hydroxylation is 1. The number of carbonyl (C=O) groups excluding carboxylic acids is 1. The molecule has 0 saturated carbocycles. The number of aromatic nitrogens is 1. The minimum Gasteiger partial charge on any atom is -0.352 e. The Morgan fingerprint density at radius 3 is 2.90 bits per heavy atom. The normalized spacial score (nSPS) is 19.0. The van der Waals surface area contributed by atoms with Gasteiger partial charge >= 0.3 is 0 Å². The summed E-state index contributed by atoms with van der Waals surface area (Å²) in [4.78, 5) is 16.9. The zero-order valence-corrected chi connectivity index (χ0v) is 13.5. The molecule has 6 heteroatoms. The number of thiazole rings is 1. The average molecular weight is 310 g/mol. The molecule has 1 saturated heterocycles. The van der Waals surface area contributed by atoms with Gasteiger partial charge in [0.1, 0.15) is 0 Å². The van der Waals surface area contributed by atoms with Gasteiger partial charge in [-0.15, -0.1) is 11.3 Å². The van der Waals surface area contributed by atoms with Crippen LogP contribution in [0.3, 0.4) is 0 Å². The third-order valence-corrected chi connectivity index (χ3v) is 4.16. The number of ether oxygens (including phenoxy) is 2. The molecule has 0 spiro atoms. The molecule has 116 valence electrons. The van der Waals surface area contributed by atoms with Crippen molar-refractivity contribution in [2.75, 3.05) is 19.8 Å². The zero-order valence-electron chi connectivity index (χ0n) is 12.7. The Balaban J connectivity index is 1.72. The van der Waals surface area contributed by atoms with Crippen molar-refractivity contribution in [1.29, 1.82) is 0 Å². The summed E-state index contributed by atoms with van der Waals surface area (Å²) in [6.45, 7) is 7.86. The van der Waals surface area contributed by atoms with Gasteiger partial charge in [-0.25, -0.2) is 4.98 Å². The predicted molar refractivity (Wildman–Crippen MR) is 83.0 cm³/mol. The lowest BCUT2D eigenvalue weighted by molar-refractivity contribution is -0.154. The van der Waals surface area contributed by atoms with Gasteiger partial charge in [0.2, 0.25) is 5.91 Å². The highest BCUT2D eigenvalue weighted by molar-refractivity contribution is 7.12. The molecule has 1 fully saturated rings. The Kier molecular flexibility index (Phi) is 5.50. The van der Waals surface area contributed by atoms with Crippen molar-refractivity contribution in [2.45, 2.75) is 33.0 Å². The van der Waals surface area contributed by atoms with Crippen molar-refractivity contribution in [2.24, 2.45) is 5.92 Å². The second kappa shape index (κ2) is 7.15. The van der Waals surface area contributed by atoms with Gasteiger partial charge in [-0.05, 0) is 25.8 Å². The Hall–Kier alpha value is -1.24. The van der Waals surface area contributed by atoms with Crippen LogP contribution in [-0.2, 0) is 14.3 Å². The van der Waals surface area contributed by atoms with E-state index in [0.717, 1.165) is 16.3 Å². The summed E-state index contributed by atoms with van der Waals surface area (Å²) in [5.74, 6) is -0.303. The van der Waals surface area contributed by atoms with Crippen molar-refractivity contribution in [3.63, 3.8) is 0 Å². The van der Waals surface area contributed by atoms with Gasteiger partial charge in [0.05, 0.1) is 18.2 Å². The van der Waals surface area contributed by atoms with Crippen LogP contribution < -0.4 is 5.32 Å². The Morgan fingerprint density at radius 2 is 2.29 bits per heavy atom. The molecule has 1 aromatic heterocycles. The van der Waals surface area contributed by atoms with Gasteiger partial charge in [-0.2, -0.15) is 0 Å². The summed E-state index contributed by atoms with van der Waals surface area (Å²) >= 11 is 1.56. The van der Waals surface area contributed by atoms with Crippen molar-refractivity contribution in [3.8, 4) is 0 Å². The van der Waals surface area contributed by atoms with Crippen LogP contribution in [0.15, 0.2) is 12.3 Å². The first-order valence-corrected chi connectivity index (χ1v) is 7.95. The molecular weight excluding hydrogens is 288 g/mol. The number of hydrogen-bond acceptors (Lipinski definition) is 5. The second-order valence-electron chi connectivity index (χ2n) is 5.50. The Morgan fingerprint density at radius 1 is 1.57 bits per heavy atom. The first-order valence-electron chi connectivity index (χ1n) is 7.13. The lowest BCUT2D eigenvalue weighted by Gasteiger charge is -2.25. The van der Waals surface area contributed by atoms with Crippen molar-refractivity contribution in [3.05, 3.63) is 22.2 Å². The van der Waals surface area contributed by atoms with Crippen molar-refractivity contribution < 1.29 is 14.3 Å². The lowest BCUT2D eigenvalue weighted by atomic mass is 10.0. The number of carbonyl (C=O) groups is 1. The minimum atomic E-state index is -0.500. The maximum Gasteiger partial charge on any atom is 0.244 e. The van der Waals surface area contributed by atoms with E-state index in [0.29, 0.717) is 19.8 Å². The summed E-state index contributed by atoms with van der Waals surface area (Å²) in [7, 11) is 0. The maximum atomic E-state index is 11.8. The topological polar surface area (TPSA) is 60.5 Å². The highest BCUT2D eigenvalue weighted by Gasteiger charge is 2.32. The molecule has 0 aromatic carbocycles. The fraction of sp³-hybridized carbons (Fsp3) is 0.600. The molecule has 1 amide bonds. The van der Waals surface area contributed by atoms with Crippen LogP contribution in [0.5, 0.6) is 0 Å². The largest absolute Gasteiger partial charge is 0.352 e. The fourth-order valence-electron chi connectivity index (χ4n) is 2.33. The third kappa shape index (κ3) is 5.22. The summed E-state index contributed by atoms with van der Waals surface area (Å²) in [6, 6.07) is 0. The first-order chi connectivity index (χ1) is 9.97. The van der Waals surface area contributed by atoms with Gasteiger partial charge < -0.3 is 14.8 Å². The number of rotatable bonds is 6. The van der Waals surface area contributed by atoms with Crippen LogP contribution in [0, 0.1) is 12.8 Å². The molecule has 2 rings (SSSR count). The molecule has 2 heterocycles. The number of amides is 1. The number of nitrogens with zero attached hydrogens (tertiary/aromatic N) is 1. The molecule has 1 aliphatic rings. The molecule has 5 nitrogen and oxygen atoms in total. The molecule has 1 N–H and O–H groups in total. The SMILES string of the molecule is Cc1ncc(/C=C/C(=O)NC[C@H](C)CC2(C)OCCO2)s1. The summed E-state index contributed by atoms with van der Waals surface area (Å²) in [5, 5.41) is 3.89. The van der Waals surface area contributed by atoms with Crippen LogP contribution >= 0.6 is 11.3 Å². The molecule has 0 bridgehead atoms. The van der Waals surface area contributed by atoms with E-state index in [9.17, 15) is 4.79 Å². The van der Waals surface area contributed by atoms with Gasteiger partial charge in [0, 0.05) is 30.1 Å². The molecular formula is C15H22N2O3S. The highest BCUT2D eigenvalue weighted by Crippen LogP contribution is 2.26. The van der Waals surface area contributed by atoms with Gasteiger partial charge in [-0.1, -0.05) is 6.92 Å². The molecule has 1 aliphatic heterocycles. The van der Waals surface area contributed by atoms with E-state index >= 15 is 0 Å². The number of nitrogens with one attached hydrogen (secondary N) is 1. The number of hydrogen-bond donors (Lipinski definition) is 1. The monoisotopic (exact) mass is 310 g/mol. The van der Waals surface area contributed by atoms with Crippen LogP contribution in [-0.4, -0.2) is 36.4 Å². The highest BCUT2D eigenvalue weighted by atomic mass is 32.1. The van der Waals surface area contributed by atoms with E-state index < -0.39 is 5.79 Å². The second-order valence-corrected chi connectivity index (χ2v) is 6.77. The molecule has 0 aliphatic carbocycles. The lowest BCUT2D eigenvalue weighted by Crippen LogP contribution is -2.33. The molecule has 1 aromatic rings.